The van der Waals surface area contributed by atoms with Gasteiger partial charge >= 0.3 is 6.16 Å². The third kappa shape index (κ3) is 2.68. The zero-order chi connectivity index (χ0) is 17.5. The molecule has 0 fully saturated rings. The van der Waals surface area contributed by atoms with Gasteiger partial charge in [-0.15, -0.1) is 0 Å². The number of ether oxygens (including phenoxy) is 2. The van der Waals surface area contributed by atoms with Gasteiger partial charge in [-0.2, -0.15) is 0 Å². The van der Waals surface area contributed by atoms with E-state index in [4.69, 9.17) is 14.6 Å². The molecule has 1 unspecified atom stereocenters. The average Bonchev–Trinajstić information content (AvgIpc) is 2.83. The van der Waals surface area contributed by atoms with Gasteiger partial charge in [0.1, 0.15) is 17.0 Å². The molecule has 24 heavy (non-hydrogen) atoms. The summed E-state index contributed by atoms with van der Waals surface area (Å²) in [6, 6.07) is 1.49. The smallest absolute Gasteiger partial charge is 0.492 e. The zero-order valence-corrected chi connectivity index (χ0v) is 13.8. The molecule has 0 saturated carbocycles. The van der Waals surface area contributed by atoms with Crippen molar-refractivity contribution in [3.63, 3.8) is 0 Å². The number of fused-ring (bicyclic) bond motifs is 1. The van der Waals surface area contributed by atoms with Gasteiger partial charge in [0.15, 0.2) is 11.6 Å². The van der Waals surface area contributed by atoms with Gasteiger partial charge in [-0.05, 0) is 25.7 Å². The molecule has 2 aliphatic rings. The lowest BCUT2D eigenvalue weighted by molar-refractivity contribution is -0.124. The standard InChI is InChI=1S/C16H19N3O5/c1-8(2)16(3)14(20)18-13(19-16)12-11(24-15(21)22)7-10-9(17-12)5-4-6-23-10/h7-8H,4-6H2,1-3H3,(H,21,22)(H,18,19,20). The maximum atomic E-state index is 12.3. The molecule has 0 bridgehead atoms. The quantitative estimate of drug-likeness (QED) is 0.816. The normalized spacial score (nSPS) is 22.5. The van der Waals surface area contributed by atoms with Crippen LogP contribution < -0.4 is 14.8 Å². The summed E-state index contributed by atoms with van der Waals surface area (Å²) >= 11 is 0. The van der Waals surface area contributed by atoms with E-state index in [1.165, 1.54) is 6.07 Å². The first-order valence-electron chi connectivity index (χ1n) is 7.80. The van der Waals surface area contributed by atoms with E-state index in [0.29, 0.717) is 24.5 Å². The van der Waals surface area contributed by atoms with Crippen LogP contribution in [0.25, 0.3) is 0 Å². The first-order valence-corrected chi connectivity index (χ1v) is 7.80. The topological polar surface area (TPSA) is 110 Å². The highest BCUT2D eigenvalue weighted by Gasteiger charge is 2.43. The van der Waals surface area contributed by atoms with E-state index >= 15 is 0 Å². The van der Waals surface area contributed by atoms with Crippen molar-refractivity contribution in [2.24, 2.45) is 10.9 Å². The Kier molecular flexibility index (Phi) is 3.90. The van der Waals surface area contributed by atoms with Crippen LogP contribution in [0.3, 0.4) is 0 Å². The highest BCUT2D eigenvalue weighted by molar-refractivity contribution is 6.15. The first-order chi connectivity index (χ1) is 11.3. The number of carboxylic acid groups (broad SMARTS) is 1. The number of aliphatic imine (C=N–C) groups is 1. The molecule has 0 aromatic carbocycles. The number of pyridine rings is 1. The van der Waals surface area contributed by atoms with Gasteiger partial charge in [-0.25, -0.2) is 14.8 Å². The molecule has 1 aromatic rings. The summed E-state index contributed by atoms with van der Waals surface area (Å²) in [4.78, 5) is 32.2. The van der Waals surface area contributed by atoms with Gasteiger partial charge in [0, 0.05) is 6.07 Å². The number of hydrogen-bond donors (Lipinski definition) is 2. The second-order valence-electron chi connectivity index (χ2n) is 6.32. The van der Waals surface area contributed by atoms with Crippen LogP contribution in [0.2, 0.25) is 0 Å². The molecular formula is C16H19N3O5. The van der Waals surface area contributed by atoms with E-state index in [9.17, 15) is 9.59 Å². The van der Waals surface area contributed by atoms with Crippen LogP contribution >= 0.6 is 0 Å². The van der Waals surface area contributed by atoms with Crippen molar-refractivity contribution < 1.29 is 24.2 Å². The minimum atomic E-state index is -1.47. The van der Waals surface area contributed by atoms with Crippen LogP contribution in [0.4, 0.5) is 4.79 Å². The van der Waals surface area contributed by atoms with Crippen molar-refractivity contribution in [2.75, 3.05) is 6.61 Å². The largest absolute Gasteiger partial charge is 0.511 e. The molecule has 3 heterocycles. The molecule has 1 atom stereocenters. The van der Waals surface area contributed by atoms with Crippen molar-refractivity contribution in [3.05, 3.63) is 17.5 Å². The minimum Gasteiger partial charge on any atom is -0.492 e. The molecule has 3 rings (SSSR count). The Bertz CT molecular complexity index is 743. The highest BCUT2D eigenvalue weighted by Crippen LogP contribution is 2.33. The first kappa shape index (κ1) is 16.2. The molecule has 0 spiro atoms. The Hall–Kier alpha value is -2.64. The summed E-state index contributed by atoms with van der Waals surface area (Å²) in [7, 11) is 0. The predicted octanol–water partition coefficient (Wildman–Crippen LogP) is 1.75. The van der Waals surface area contributed by atoms with Crippen LogP contribution in [-0.2, 0) is 11.2 Å². The molecule has 0 radical (unpaired) electrons. The number of nitrogens with one attached hydrogen (secondary N) is 1. The van der Waals surface area contributed by atoms with Gasteiger partial charge in [0.05, 0.1) is 12.3 Å². The van der Waals surface area contributed by atoms with Crippen molar-refractivity contribution in [1.29, 1.82) is 0 Å². The van der Waals surface area contributed by atoms with E-state index in [1.54, 1.807) is 6.92 Å². The number of rotatable bonds is 3. The second-order valence-corrected chi connectivity index (χ2v) is 6.32. The molecule has 1 amide bonds. The molecule has 1 aromatic heterocycles. The molecule has 0 aliphatic carbocycles. The van der Waals surface area contributed by atoms with Gasteiger partial charge in [-0.1, -0.05) is 13.8 Å². The van der Waals surface area contributed by atoms with Crippen LogP contribution in [0.15, 0.2) is 11.1 Å². The number of amides is 1. The van der Waals surface area contributed by atoms with Crippen LogP contribution in [0.5, 0.6) is 11.5 Å². The van der Waals surface area contributed by atoms with E-state index in [0.717, 1.165) is 6.42 Å². The van der Waals surface area contributed by atoms with E-state index in [2.05, 4.69) is 15.3 Å². The summed E-state index contributed by atoms with van der Waals surface area (Å²) < 4.78 is 10.3. The summed E-state index contributed by atoms with van der Waals surface area (Å²) in [6.07, 6.45) is 0.0600. The lowest BCUT2D eigenvalue weighted by Gasteiger charge is -2.21. The second kappa shape index (κ2) is 5.77. The average molecular weight is 333 g/mol. The number of carbonyl (C=O) groups excluding carboxylic acids is 1. The van der Waals surface area contributed by atoms with Crippen LogP contribution in [-0.4, -0.2) is 40.1 Å². The number of amidine groups is 1. The number of aromatic nitrogens is 1. The van der Waals surface area contributed by atoms with E-state index in [-0.39, 0.29) is 29.1 Å². The Morgan fingerprint density at radius 1 is 1.50 bits per heavy atom. The summed E-state index contributed by atoms with van der Waals surface area (Å²) in [5, 5.41) is 11.7. The summed E-state index contributed by atoms with van der Waals surface area (Å²) in [6.45, 7) is 6.08. The third-order valence-corrected chi connectivity index (χ3v) is 4.42. The molecule has 0 saturated heterocycles. The molecule has 8 heteroatoms. The number of nitrogens with zero attached hydrogens (tertiary/aromatic N) is 2. The van der Waals surface area contributed by atoms with Gasteiger partial charge in [-0.3, -0.25) is 4.79 Å². The number of aryl methyl sites for hydroxylation is 1. The molecular weight excluding hydrogens is 314 g/mol. The molecule has 2 N–H and O–H groups in total. The minimum absolute atomic E-state index is 0.00444. The summed E-state index contributed by atoms with van der Waals surface area (Å²) in [5.41, 5.74) is -0.0207. The lowest BCUT2D eigenvalue weighted by atomic mass is 9.89. The van der Waals surface area contributed by atoms with Crippen molar-refractivity contribution in [3.8, 4) is 11.5 Å². The maximum Gasteiger partial charge on any atom is 0.511 e. The molecule has 128 valence electrons. The Labute approximate surface area is 138 Å². The Morgan fingerprint density at radius 3 is 2.88 bits per heavy atom. The number of carbonyl (C=O) groups is 2. The predicted molar refractivity (Wildman–Crippen MR) is 84.6 cm³/mol. The van der Waals surface area contributed by atoms with E-state index in [1.807, 2.05) is 13.8 Å². The van der Waals surface area contributed by atoms with Gasteiger partial charge in [0.25, 0.3) is 5.91 Å². The van der Waals surface area contributed by atoms with Gasteiger partial charge in [0.2, 0.25) is 0 Å². The fraction of sp³-hybridized carbons (Fsp3) is 0.500. The number of hydrogen-bond acceptors (Lipinski definition) is 6. The Balaban J connectivity index is 2.09. The fourth-order valence-electron chi connectivity index (χ4n) is 2.63. The zero-order valence-electron chi connectivity index (χ0n) is 13.8. The van der Waals surface area contributed by atoms with Crippen LogP contribution in [0, 0.1) is 5.92 Å². The monoisotopic (exact) mass is 333 g/mol. The van der Waals surface area contributed by atoms with Crippen molar-refractivity contribution in [1.82, 2.24) is 10.3 Å². The van der Waals surface area contributed by atoms with Crippen LogP contribution in [0.1, 0.15) is 38.6 Å². The van der Waals surface area contributed by atoms with Gasteiger partial charge < -0.3 is 19.9 Å². The maximum absolute atomic E-state index is 12.3. The third-order valence-electron chi connectivity index (χ3n) is 4.42. The van der Waals surface area contributed by atoms with Crippen molar-refractivity contribution in [2.45, 2.75) is 39.2 Å². The fourth-order valence-corrected chi connectivity index (χ4v) is 2.63. The highest BCUT2D eigenvalue weighted by atomic mass is 16.7. The Morgan fingerprint density at radius 2 is 2.25 bits per heavy atom. The SMILES string of the molecule is CC(C)C1(C)N=C(c2nc3c(cc2OC(=O)O)OCCC3)NC1=O. The van der Waals surface area contributed by atoms with Crippen molar-refractivity contribution >= 4 is 17.9 Å². The lowest BCUT2D eigenvalue weighted by Crippen LogP contribution is -2.41. The molecule has 2 aliphatic heterocycles. The van der Waals surface area contributed by atoms with E-state index < -0.39 is 11.7 Å². The summed E-state index contributed by atoms with van der Waals surface area (Å²) in [5.74, 6) is 0.443. The molecule has 8 nitrogen and oxygen atoms in total.